The summed E-state index contributed by atoms with van der Waals surface area (Å²) in [7, 11) is 0. The molecule has 0 bridgehead atoms. The molecule has 1 aromatic heterocycles. The fraction of sp³-hybridized carbons (Fsp3) is 0.267. The van der Waals surface area contributed by atoms with Gasteiger partial charge in [0.1, 0.15) is 5.69 Å². The quantitative estimate of drug-likeness (QED) is 0.790. The Balaban J connectivity index is 1.96. The van der Waals surface area contributed by atoms with E-state index in [0.717, 1.165) is 10.8 Å². The summed E-state index contributed by atoms with van der Waals surface area (Å²) in [6, 6.07) is 9.44. The molecule has 1 amide bonds. The number of pyridine rings is 1. The van der Waals surface area contributed by atoms with Gasteiger partial charge in [-0.15, -0.1) is 0 Å². The Morgan fingerprint density at radius 2 is 1.95 bits per heavy atom. The summed E-state index contributed by atoms with van der Waals surface area (Å²) in [6.45, 7) is 0.455. The van der Waals surface area contributed by atoms with Crippen LogP contribution in [0.4, 0.5) is 0 Å². The molecule has 2 aromatic rings. The number of carboxylic acids is 1. The number of carbonyl (C=O) groups is 2. The molecule has 5 heteroatoms. The Morgan fingerprint density at radius 1 is 1.15 bits per heavy atom. The van der Waals surface area contributed by atoms with Gasteiger partial charge >= 0.3 is 5.97 Å². The van der Waals surface area contributed by atoms with Crippen LogP contribution in [0, 0.1) is 0 Å². The Hall–Kier alpha value is -2.43. The van der Waals surface area contributed by atoms with Gasteiger partial charge < -0.3 is 10.4 Å². The average Bonchev–Trinajstić information content (AvgIpc) is 2.45. The third-order valence-electron chi connectivity index (χ3n) is 2.99. The second-order valence-electron chi connectivity index (χ2n) is 4.49. The van der Waals surface area contributed by atoms with Gasteiger partial charge in [0.15, 0.2) is 0 Å². The molecule has 1 aromatic carbocycles. The maximum absolute atomic E-state index is 12.1. The molecule has 2 N–H and O–H groups in total. The number of amides is 1. The molecule has 0 fully saturated rings. The van der Waals surface area contributed by atoms with Crippen LogP contribution in [0.5, 0.6) is 0 Å². The molecule has 0 aliphatic heterocycles. The predicted octanol–water partition coefficient (Wildman–Crippen LogP) is 2.22. The lowest BCUT2D eigenvalue weighted by atomic mass is 10.1. The first-order valence-corrected chi connectivity index (χ1v) is 6.52. The van der Waals surface area contributed by atoms with Gasteiger partial charge in [0.05, 0.1) is 0 Å². The van der Waals surface area contributed by atoms with Crippen molar-refractivity contribution in [2.45, 2.75) is 19.3 Å². The first-order valence-electron chi connectivity index (χ1n) is 6.52. The van der Waals surface area contributed by atoms with E-state index in [0.29, 0.717) is 25.1 Å². The zero-order chi connectivity index (χ0) is 14.4. The van der Waals surface area contributed by atoms with E-state index >= 15 is 0 Å². The lowest BCUT2D eigenvalue weighted by Gasteiger charge is -2.06. The van der Waals surface area contributed by atoms with Gasteiger partial charge in [-0.25, -0.2) is 0 Å². The summed E-state index contributed by atoms with van der Waals surface area (Å²) in [6.07, 6.45) is 2.94. The van der Waals surface area contributed by atoms with Crippen molar-refractivity contribution in [2.75, 3.05) is 6.54 Å². The predicted molar refractivity (Wildman–Crippen MR) is 75.6 cm³/mol. The Labute approximate surface area is 116 Å². The molecular formula is C15H16N2O3. The van der Waals surface area contributed by atoms with Crippen molar-refractivity contribution in [3.63, 3.8) is 0 Å². The molecule has 20 heavy (non-hydrogen) atoms. The number of nitrogens with zero attached hydrogens (tertiary/aromatic N) is 1. The van der Waals surface area contributed by atoms with Crippen LogP contribution >= 0.6 is 0 Å². The van der Waals surface area contributed by atoms with E-state index in [1.165, 1.54) is 0 Å². The number of carboxylic acid groups (broad SMARTS) is 1. The zero-order valence-corrected chi connectivity index (χ0v) is 11.0. The van der Waals surface area contributed by atoms with Crippen molar-refractivity contribution < 1.29 is 14.7 Å². The molecule has 1 heterocycles. The van der Waals surface area contributed by atoms with Crippen LogP contribution in [0.15, 0.2) is 36.5 Å². The van der Waals surface area contributed by atoms with Gasteiger partial charge in [0.25, 0.3) is 5.91 Å². The van der Waals surface area contributed by atoms with Crippen LogP contribution in [0.3, 0.4) is 0 Å². The molecule has 5 nitrogen and oxygen atoms in total. The number of benzene rings is 1. The number of rotatable bonds is 6. The normalized spacial score (nSPS) is 10.4. The Kier molecular flexibility index (Phi) is 4.65. The van der Waals surface area contributed by atoms with Crippen LogP contribution < -0.4 is 5.32 Å². The highest BCUT2D eigenvalue weighted by Gasteiger charge is 2.10. The largest absolute Gasteiger partial charge is 0.481 e. The first kappa shape index (κ1) is 14.0. The maximum atomic E-state index is 12.1. The SMILES string of the molecule is O=C(O)CCCCNC(=O)c1nccc2ccccc12. The molecule has 0 unspecified atom stereocenters. The number of hydrogen-bond acceptors (Lipinski definition) is 3. The molecule has 0 aliphatic rings. The van der Waals surface area contributed by atoms with E-state index in [4.69, 9.17) is 5.11 Å². The van der Waals surface area contributed by atoms with Gasteiger partial charge in [0, 0.05) is 24.5 Å². The van der Waals surface area contributed by atoms with Gasteiger partial charge in [-0.3, -0.25) is 14.6 Å². The highest BCUT2D eigenvalue weighted by Crippen LogP contribution is 2.15. The van der Waals surface area contributed by atoms with E-state index in [2.05, 4.69) is 10.3 Å². The van der Waals surface area contributed by atoms with Crippen LogP contribution in [0.1, 0.15) is 29.8 Å². The maximum Gasteiger partial charge on any atom is 0.303 e. The smallest absolute Gasteiger partial charge is 0.303 e. The molecule has 2 rings (SSSR count). The minimum absolute atomic E-state index is 0.127. The van der Waals surface area contributed by atoms with Crippen LogP contribution in [-0.2, 0) is 4.79 Å². The third kappa shape index (κ3) is 3.54. The molecule has 0 spiro atoms. The molecule has 0 saturated carbocycles. The molecule has 104 valence electrons. The number of unbranched alkanes of at least 4 members (excludes halogenated alkanes) is 1. The van der Waals surface area contributed by atoms with Crippen LogP contribution in [-0.4, -0.2) is 28.5 Å². The lowest BCUT2D eigenvalue weighted by Crippen LogP contribution is -2.25. The number of fused-ring (bicyclic) bond motifs is 1. The van der Waals surface area contributed by atoms with E-state index in [1.54, 1.807) is 6.20 Å². The summed E-state index contributed by atoms with van der Waals surface area (Å²) < 4.78 is 0. The van der Waals surface area contributed by atoms with Gasteiger partial charge in [-0.2, -0.15) is 0 Å². The molecule has 0 aliphatic carbocycles. The summed E-state index contributed by atoms with van der Waals surface area (Å²) in [5.41, 5.74) is 0.404. The molecular weight excluding hydrogens is 256 g/mol. The second kappa shape index (κ2) is 6.65. The van der Waals surface area contributed by atoms with Crippen LogP contribution in [0.25, 0.3) is 10.8 Å². The molecule has 0 saturated heterocycles. The van der Waals surface area contributed by atoms with E-state index in [1.807, 2.05) is 30.3 Å². The highest BCUT2D eigenvalue weighted by atomic mass is 16.4. The fourth-order valence-corrected chi connectivity index (χ4v) is 1.99. The fourth-order valence-electron chi connectivity index (χ4n) is 1.99. The number of nitrogens with one attached hydrogen (secondary N) is 1. The van der Waals surface area contributed by atoms with E-state index < -0.39 is 5.97 Å². The minimum atomic E-state index is -0.813. The topological polar surface area (TPSA) is 79.3 Å². The average molecular weight is 272 g/mol. The van der Waals surface area contributed by atoms with E-state index in [-0.39, 0.29) is 12.3 Å². The third-order valence-corrected chi connectivity index (χ3v) is 2.99. The zero-order valence-electron chi connectivity index (χ0n) is 11.0. The standard InChI is InChI=1S/C15H16N2O3/c18-13(19)7-3-4-9-17-15(20)14-12-6-2-1-5-11(12)8-10-16-14/h1-2,5-6,8,10H,3-4,7,9H2,(H,17,20)(H,18,19). The van der Waals surface area contributed by atoms with Crippen molar-refractivity contribution in [3.05, 3.63) is 42.2 Å². The van der Waals surface area contributed by atoms with Gasteiger partial charge in [-0.05, 0) is 24.3 Å². The number of aliphatic carboxylic acids is 1. The first-order chi connectivity index (χ1) is 9.68. The van der Waals surface area contributed by atoms with Gasteiger partial charge in [0.2, 0.25) is 0 Å². The van der Waals surface area contributed by atoms with Crippen molar-refractivity contribution in [1.29, 1.82) is 0 Å². The summed E-state index contributed by atoms with van der Waals surface area (Å²) in [5.74, 6) is -1.04. The number of hydrogen-bond donors (Lipinski definition) is 2. The summed E-state index contributed by atoms with van der Waals surface area (Å²) in [5, 5.41) is 13.1. The van der Waals surface area contributed by atoms with Gasteiger partial charge in [-0.1, -0.05) is 24.3 Å². The minimum Gasteiger partial charge on any atom is -0.481 e. The van der Waals surface area contributed by atoms with Crippen molar-refractivity contribution >= 4 is 22.6 Å². The highest BCUT2D eigenvalue weighted by molar-refractivity contribution is 6.05. The van der Waals surface area contributed by atoms with E-state index in [9.17, 15) is 9.59 Å². The van der Waals surface area contributed by atoms with Crippen molar-refractivity contribution in [3.8, 4) is 0 Å². The Morgan fingerprint density at radius 3 is 2.75 bits per heavy atom. The van der Waals surface area contributed by atoms with Crippen molar-refractivity contribution in [1.82, 2.24) is 10.3 Å². The summed E-state index contributed by atoms with van der Waals surface area (Å²) in [4.78, 5) is 26.6. The lowest BCUT2D eigenvalue weighted by molar-refractivity contribution is -0.137. The molecule has 0 radical (unpaired) electrons. The molecule has 0 atom stereocenters. The van der Waals surface area contributed by atoms with Crippen molar-refractivity contribution in [2.24, 2.45) is 0 Å². The monoisotopic (exact) mass is 272 g/mol. The Bertz CT molecular complexity index is 620. The van der Waals surface area contributed by atoms with Crippen LogP contribution in [0.2, 0.25) is 0 Å². The second-order valence-corrected chi connectivity index (χ2v) is 4.49. The summed E-state index contributed by atoms with van der Waals surface area (Å²) >= 11 is 0. The number of carbonyl (C=O) groups excluding carboxylic acids is 1. The number of aromatic nitrogens is 1.